The molecule has 0 aliphatic rings. The van der Waals surface area contributed by atoms with Crippen LogP contribution in [0.4, 0.5) is 0 Å². The van der Waals surface area contributed by atoms with Crippen LogP contribution in [0, 0.1) is 0 Å². The predicted molar refractivity (Wildman–Crippen MR) is 119 cm³/mol. The number of ether oxygens (including phenoxy) is 1. The molecule has 2 aromatic carbocycles. The highest BCUT2D eigenvalue weighted by molar-refractivity contribution is 9.10. The number of rotatable bonds is 7. The van der Waals surface area contributed by atoms with E-state index in [9.17, 15) is 9.59 Å². The van der Waals surface area contributed by atoms with Crippen LogP contribution in [0.25, 0.3) is 0 Å². The number of carbonyl (C=O) groups is 2. The fourth-order valence-electron chi connectivity index (χ4n) is 2.71. The normalized spacial score (nSPS) is 10.4. The van der Waals surface area contributed by atoms with Gasteiger partial charge in [0.2, 0.25) is 0 Å². The first-order chi connectivity index (χ1) is 14.5. The molecular formula is C22H19BrClN3O3. The first-order valence-electron chi connectivity index (χ1n) is 9.14. The lowest BCUT2D eigenvalue weighted by Crippen LogP contribution is -2.26. The third-order valence-electron chi connectivity index (χ3n) is 4.20. The van der Waals surface area contributed by atoms with Gasteiger partial charge in [0.05, 0.1) is 10.6 Å². The zero-order chi connectivity index (χ0) is 21.5. The topological polar surface area (TPSA) is 80.3 Å². The smallest absolute Gasteiger partial charge is 0.269 e. The second-order valence-electron chi connectivity index (χ2n) is 6.34. The number of aromatic nitrogens is 1. The minimum absolute atomic E-state index is 0.229. The van der Waals surface area contributed by atoms with Gasteiger partial charge in [0.25, 0.3) is 11.8 Å². The van der Waals surface area contributed by atoms with Crippen molar-refractivity contribution in [2.75, 3.05) is 13.6 Å². The van der Waals surface area contributed by atoms with E-state index in [0.29, 0.717) is 35.1 Å². The minimum atomic E-state index is -0.282. The molecule has 0 aliphatic heterocycles. The maximum Gasteiger partial charge on any atom is 0.269 e. The van der Waals surface area contributed by atoms with Crippen molar-refractivity contribution in [2.45, 2.75) is 6.42 Å². The van der Waals surface area contributed by atoms with Gasteiger partial charge >= 0.3 is 0 Å². The summed E-state index contributed by atoms with van der Waals surface area (Å²) in [6, 6.07) is 15.9. The van der Waals surface area contributed by atoms with Gasteiger partial charge in [-0.2, -0.15) is 0 Å². The van der Waals surface area contributed by atoms with Gasteiger partial charge in [-0.25, -0.2) is 0 Å². The SMILES string of the molecule is CNC(=O)c1cc(Oc2cccc(CCNC(=O)c3cc(Br)ccc3Cl)c2)ccn1. The van der Waals surface area contributed by atoms with Crippen LogP contribution in [0.1, 0.15) is 26.4 Å². The van der Waals surface area contributed by atoms with Gasteiger partial charge < -0.3 is 15.4 Å². The van der Waals surface area contributed by atoms with E-state index in [4.69, 9.17) is 16.3 Å². The van der Waals surface area contributed by atoms with Gasteiger partial charge in [-0.3, -0.25) is 14.6 Å². The lowest BCUT2D eigenvalue weighted by Gasteiger charge is -2.10. The number of hydrogen-bond donors (Lipinski definition) is 2. The molecule has 2 N–H and O–H groups in total. The Kier molecular flexibility index (Phi) is 7.43. The van der Waals surface area contributed by atoms with E-state index in [1.165, 1.54) is 6.20 Å². The summed E-state index contributed by atoms with van der Waals surface area (Å²) < 4.78 is 6.64. The number of nitrogens with one attached hydrogen (secondary N) is 2. The van der Waals surface area contributed by atoms with E-state index in [0.717, 1.165) is 10.0 Å². The highest BCUT2D eigenvalue weighted by Crippen LogP contribution is 2.23. The summed E-state index contributed by atoms with van der Waals surface area (Å²) in [6.07, 6.45) is 2.14. The molecule has 3 aromatic rings. The van der Waals surface area contributed by atoms with Crippen LogP contribution in [-0.2, 0) is 6.42 Å². The Morgan fingerprint density at radius 1 is 1.07 bits per heavy atom. The summed E-state index contributed by atoms with van der Waals surface area (Å²) in [5.41, 5.74) is 1.70. The zero-order valence-corrected chi connectivity index (χ0v) is 18.5. The third-order valence-corrected chi connectivity index (χ3v) is 5.02. The maximum absolute atomic E-state index is 12.3. The number of amides is 2. The second-order valence-corrected chi connectivity index (χ2v) is 7.66. The fraction of sp³-hybridized carbons (Fsp3) is 0.136. The van der Waals surface area contributed by atoms with Crippen molar-refractivity contribution >= 4 is 39.3 Å². The average Bonchev–Trinajstić information content (AvgIpc) is 2.75. The number of benzene rings is 2. The molecule has 0 aliphatic carbocycles. The molecule has 1 aromatic heterocycles. The Hall–Kier alpha value is -2.90. The summed E-state index contributed by atoms with van der Waals surface area (Å²) in [5.74, 6) is 0.629. The number of hydrogen-bond acceptors (Lipinski definition) is 4. The maximum atomic E-state index is 12.3. The molecule has 0 radical (unpaired) electrons. The minimum Gasteiger partial charge on any atom is -0.457 e. The predicted octanol–water partition coefficient (Wildman–Crippen LogP) is 4.62. The summed E-state index contributed by atoms with van der Waals surface area (Å²) in [4.78, 5) is 28.1. The molecule has 8 heteroatoms. The summed E-state index contributed by atoms with van der Waals surface area (Å²) in [5, 5.41) is 5.81. The van der Waals surface area contributed by atoms with Crippen molar-refractivity contribution in [1.82, 2.24) is 15.6 Å². The van der Waals surface area contributed by atoms with Gasteiger partial charge in [0.15, 0.2) is 0 Å². The van der Waals surface area contributed by atoms with Crippen LogP contribution in [0.2, 0.25) is 5.02 Å². The van der Waals surface area contributed by atoms with Crippen molar-refractivity contribution < 1.29 is 14.3 Å². The van der Waals surface area contributed by atoms with Crippen LogP contribution in [0.15, 0.2) is 65.3 Å². The van der Waals surface area contributed by atoms with Crippen LogP contribution in [0.5, 0.6) is 11.5 Å². The number of pyridine rings is 1. The molecule has 154 valence electrons. The highest BCUT2D eigenvalue weighted by atomic mass is 79.9. The molecule has 0 saturated carbocycles. The Labute approximate surface area is 187 Å². The van der Waals surface area contributed by atoms with Crippen molar-refractivity contribution in [2.24, 2.45) is 0 Å². The van der Waals surface area contributed by atoms with Crippen molar-refractivity contribution in [1.29, 1.82) is 0 Å². The molecule has 0 saturated heterocycles. The Morgan fingerprint density at radius 3 is 2.67 bits per heavy atom. The lowest BCUT2D eigenvalue weighted by atomic mass is 10.1. The van der Waals surface area contributed by atoms with Crippen molar-refractivity contribution in [3.63, 3.8) is 0 Å². The van der Waals surface area contributed by atoms with Crippen LogP contribution < -0.4 is 15.4 Å². The van der Waals surface area contributed by atoms with Gasteiger partial charge in [-0.15, -0.1) is 0 Å². The number of halogens is 2. The summed E-state index contributed by atoms with van der Waals surface area (Å²) in [6.45, 7) is 0.446. The molecule has 0 spiro atoms. The van der Waals surface area contributed by atoms with Gasteiger partial charge in [0.1, 0.15) is 17.2 Å². The molecule has 1 heterocycles. The Bertz CT molecular complexity index is 1070. The number of nitrogens with zero attached hydrogens (tertiary/aromatic N) is 1. The quantitative estimate of drug-likeness (QED) is 0.508. The van der Waals surface area contributed by atoms with E-state index < -0.39 is 0 Å². The zero-order valence-electron chi connectivity index (χ0n) is 16.1. The monoisotopic (exact) mass is 487 g/mol. The Morgan fingerprint density at radius 2 is 1.87 bits per heavy atom. The standard InChI is InChI=1S/C22H19BrClN3O3/c1-25-22(29)20-13-17(8-10-26-20)30-16-4-2-3-14(11-16)7-9-27-21(28)18-12-15(23)5-6-19(18)24/h2-6,8,10-13H,7,9H2,1H3,(H,25,29)(H,27,28). The number of carbonyl (C=O) groups excluding carboxylic acids is 2. The van der Waals surface area contributed by atoms with Crippen LogP contribution in [0.3, 0.4) is 0 Å². The van der Waals surface area contributed by atoms with Crippen molar-refractivity contribution in [3.8, 4) is 11.5 Å². The average molecular weight is 489 g/mol. The molecule has 2 amide bonds. The van der Waals surface area contributed by atoms with Gasteiger partial charge in [-0.1, -0.05) is 39.7 Å². The second kappa shape index (κ2) is 10.2. The van der Waals surface area contributed by atoms with Crippen molar-refractivity contribution in [3.05, 3.63) is 87.1 Å². The molecule has 0 bridgehead atoms. The van der Waals surface area contributed by atoms with Crippen LogP contribution in [-0.4, -0.2) is 30.4 Å². The largest absolute Gasteiger partial charge is 0.457 e. The first kappa shape index (κ1) is 21.8. The molecule has 6 nitrogen and oxygen atoms in total. The molecule has 0 fully saturated rings. The van der Waals surface area contributed by atoms with E-state index in [-0.39, 0.29) is 17.5 Å². The van der Waals surface area contributed by atoms with E-state index >= 15 is 0 Å². The third kappa shape index (κ3) is 5.81. The first-order valence-corrected chi connectivity index (χ1v) is 10.3. The Balaban J connectivity index is 1.60. The summed E-state index contributed by atoms with van der Waals surface area (Å²) in [7, 11) is 1.55. The molecular weight excluding hydrogens is 470 g/mol. The lowest BCUT2D eigenvalue weighted by molar-refractivity contribution is 0.0947. The summed E-state index contributed by atoms with van der Waals surface area (Å²) >= 11 is 9.44. The van der Waals surface area contributed by atoms with Crippen LogP contribution >= 0.6 is 27.5 Å². The fourth-order valence-corrected chi connectivity index (χ4v) is 3.28. The van der Waals surface area contributed by atoms with Gasteiger partial charge in [0, 0.05) is 30.3 Å². The van der Waals surface area contributed by atoms with E-state index in [1.54, 1.807) is 37.4 Å². The molecule has 0 atom stereocenters. The highest BCUT2D eigenvalue weighted by Gasteiger charge is 2.11. The molecule has 30 heavy (non-hydrogen) atoms. The van der Waals surface area contributed by atoms with Gasteiger partial charge in [-0.05, 0) is 48.4 Å². The molecule has 0 unspecified atom stereocenters. The van der Waals surface area contributed by atoms with E-state index in [2.05, 4.69) is 31.5 Å². The molecule has 3 rings (SSSR count). The van der Waals surface area contributed by atoms with E-state index in [1.807, 2.05) is 24.3 Å².